The Kier molecular flexibility index (Phi) is 8.25. The Hall–Kier alpha value is -2.83. The molecule has 7 heteroatoms. The van der Waals surface area contributed by atoms with Crippen LogP contribution in [0, 0.1) is 6.92 Å². The van der Waals surface area contributed by atoms with Crippen LogP contribution in [-0.4, -0.2) is 23.7 Å². The zero-order valence-corrected chi connectivity index (χ0v) is 19.3. The van der Waals surface area contributed by atoms with Crippen LogP contribution in [0.2, 0.25) is 0 Å². The second-order valence-corrected chi connectivity index (χ2v) is 8.67. The number of amides is 1. The first kappa shape index (κ1) is 24.4. The van der Waals surface area contributed by atoms with Crippen molar-refractivity contribution in [3.63, 3.8) is 0 Å². The first-order valence-electron chi connectivity index (χ1n) is 10.8. The van der Waals surface area contributed by atoms with Gasteiger partial charge in [-0.05, 0) is 64.7 Å². The first-order valence-corrected chi connectivity index (χ1v) is 10.8. The lowest BCUT2D eigenvalue weighted by molar-refractivity contribution is -0.137. The highest BCUT2D eigenvalue weighted by molar-refractivity contribution is 5.87. The van der Waals surface area contributed by atoms with Gasteiger partial charge >= 0.3 is 17.7 Å². The third-order valence-electron chi connectivity index (χ3n) is 4.76. The molecule has 0 aliphatic carbocycles. The van der Waals surface area contributed by atoms with E-state index in [0.29, 0.717) is 29.7 Å². The van der Waals surface area contributed by atoms with Crippen molar-refractivity contribution in [2.45, 2.75) is 85.3 Å². The van der Waals surface area contributed by atoms with E-state index in [1.54, 1.807) is 39.8 Å². The predicted octanol–water partition coefficient (Wildman–Crippen LogP) is 5.04. The molecule has 170 valence electrons. The van der Waals surface area contributed by atoms with Crippen LogP contribution in [0.3, 0.4) is 0 Å². The summed E-state index contributed by atoms with van der Waals surface area (Å²) in [7, 11) is 0. The minimum absolute atomic E-state index is 0.292. The zero-order chi connectivity index (χ0) is 23.2. The normalized spacial score (nSPS) is 12.5. The molecular formula is C24H33NO6. The highest BCUT2D eigenvalue weighted by Crippen LogP contribution is 2.29. The summed E-state index contributed by atoms with van der Waals surface area (Å²) < 4.78 is 16.3. The zero-order valence-electron chi connectivity index (χ0n) is 19.3. The fourth-order valence-electron chi connectivity index (χ4n) is 3.26. The van der Waals surface area contributed by atoms with Gasteiger partial charge in [0.25, 0.3) is 0 Å². The van der Waals surface area contributed by atoms with Crippen molar-refractivity contribution in [1.82, 2.24) is 5.32 Å². The standard InChI is InChI=1S/C24H33NO6/c1-7-9-11-16-14-20(26)30-21-15(3)19(13-12-17(16)21)29-22(27)18(10-8-2)25-23(28)31-24(4,5)6/h12-14,18H,7-11H2,1-6H3,(H,25,28)/t18-/m0/s1. The second-order valence-electron chi connectivity index (χ2n) is 8.67. The lowest BCUT2D eigenvalue weighted by Gasteiger charge is -2.23. The molecule has 1 atom stereocenters. The molecule has 0 spiro atoms. The summed E-state index contributed by atoms with van der Waals surface area (Å²) in [6.07, 6.45) is 3.14. The fourth-order valence-corrected chi connectivity index (χ4v) is 3.26. The quantitative estimate of drug-likeness (QED) is 0.357. The Bertz CT molecular complexity index is 986. The van der Waals surface area contributed by atoms with E-state index in [2.05, 4.69) is 12.2 Å². The average molecular weight is 432 g/mol. The van der Waals surface area contributed by atoms with Crippen LogP contribution in [-0.2, 0) is 16.0 Å². The molecule has 0 bridgehead atoms. The van der Waals surface area contributed by atoms with Crippen LogP contribution in [0.15, 0.2) is 27.4 Å². The first-order chi connectivity index (χ1) is 14.6. The molecule has 1 heterocycles. The van der Waals surface area contributed by atoms with Crippen LogP contribution in [0.1, 0.15) is 71.4 Å². The molecule has 0 fully saturated rings. The maximum atomic E-state index is 12.8. The number of rotatable bonds is 8. The van der Waals surface area contributed by atoms with Crippen molar-refractivity contribution in [2.24, 2.45) is 0 Å². The largest absolute Gasteiger partial charge is 0.444 e. The number of aryl methyl sites for hydroxylation is 2. The van der Waals surface area contributed by atoms with Gasteiger partial charge in [-0.2, -0.15) is 0 Å². The summed E-state index contributed by atoms with van der Waals surface area (Å²) in [6, 6.07) is 4.17. The van der Waals surface area contributed by atoms with Crippen LogP contribution in [0.4, 0.5) is 4.79 Å². The van der Waals surface area contributed by atoms with Crippen molar-refractivity contribution >= 4 is 23.0 Å². The molecular weight excluding hydrogens is 398 g/mol. The van der Waals surface area contributed by atoms with E-state index in [1.165, 1.54) is 6.07 Å². The SMILES string of the molecule is CCCCc1cc(=O)oc2c(C)c(OC(=O)[C@H](CCC)NC(=O)OC(C)(C)C)ccc12. The Labute approximate surface area is 183 Å². The number of benzene rings is 1. The molecule has 2 aromatic rings. The third-order valence-corrected chi connectivity index (χ3v) is 4.76. The molecule has 1 aromatic carbocycles. The van der Waals surface area contributed by atoms with Gasteiger partial charge in [0.2, 0.25) is 0 Å². The predicted molar refractivity (Wildman–Crippen MR) is 120 cm³/mol. The molecule has 0 radical (unpaired) electrons. The number of hydrogen-bond acceptors (Lipinski definition) is 6. The molecule has 7 nitrogen and oxygen atoms in total. The molecule has 31 heavy (non-hydrogen) atoms. The molecule has 0 saturated heterocycles. The van der Waals surface area contributed by atoms with Crippen LogP contribution in [0.5, 0.6) is 5.75 Å². The monoisotopic (exact) mass is 431 g/mol. The van der Waals surface area contributed by atoms with Crippen molar-refractivity contribution in [3.05, 3.63) is 39.7 Å². The molecule has 1 N–H and O–H groups in total. The fraction of sp³-hybridized carbons (Fsp3) is 0.542. The smallest absolute Gasteiger partial charge is 0.408 e. The number of nitrogens with one attached hydrogen (secondary N) is 1. The number of hydrogen-bond donors (Lipinski definition) is 1. The van der Waals surface area contributed by atoms with E-state index in [4.69, 9.17) is 13.9 Å². The van der Waals surface area contributed by atoms with E-state index >= 15 is 0 Å². The molecule has 0 aliphatic heterocycles. The number of carbonyl (C=O) groups excluding carboxylic acids is 2. The average Bonchev–Trinajstić information content (AvgIpc) is 2.66. The summed E-state index contributed by atoms with van der Waals surface area (Å²) in [4.78, 5) is 36.9. The number of alkyl carbamates (subject to hydrolysis) is 1. The number of ether oxygens (including phenoxy) is 2. The molecule has 0 saturated carbocycles. The summed E-state index contributed by atoms with van der Waals surface area (Å²) in [5, 5.41) is 3.42. The Morgan fingerprint density at radius 1 is 1.16 bits per heavy atom. The van der Waals surface area contributed by atoms with E-state index in [-0.39, 0.29) is 0 Å². The van der Waals surface area contributed by atoms with Gasteiger partial charge in [0, 0.05) is 17.0 Å². The summed E-state index contributed by atoms with van der Waals surface area (Å²) >= 11 is 0. The summed E-state index contributed by atoms with van der Waals surface area (Å²) in [5.41, 5.74) is 0.794. The summed E-state index contributed by atoms with van der Waals surface area (Å²) in [6.45, 7) is 11.0. The van der Waals surface area contributed by atoms with Gasteiger partial charge in [-0.25, -0.2) is 14.4 Å². The van der Waals surface area contributed by atoms with Gasteiger partial charge in [-0.3, -0.25) is 0 Å². The van der Waals surface area contributed by atoms with Gasteiger partial charge in [-0.15, -0.1) is 0 Å². The molecule has 2 rings (SSSR count). The number of unbranched alkanes of at least 4 members (excludes halogenated alkanes) is 1. The minimum Gasteiger partial charge on any atom is -0.444 e. The Morgan fingerprint density at radius 3 is 2.48 bits per heavy atom. The molecule has 0 aliphatic rings. The molecule has 0 unspecified atom stereocenters. The van der Waals surface area contributed by atoms with Crippen molar-refractivity contribution in [3.8, 4) is 5.75 Å². The van der Waals surface area contributed by atoms with Gasteiger partial charge in [0.05, 0.1) is 0 Å². The molecule has 1 aromatic heterocycles. The van der Waals surface area contributed by atoms with Crippen molar-refractivity contribution in [2.75, 3.05) is 0 Å². The van der Waals surface area contributed by atoms with E-state index in [0.717, 1.165) is 30.2 Å². The number of fused-ring (bicyclic) bond motifs is 1. The topological polar surface area (TPSA) is 94.8 Å². The highest BCUT2D eigenvalue weighted by Gasteiger charge is 2.26. The second kappa shape index (κ2) is 10.5. The number of esters is 1. The molecule has 1 amide bonds. The van der Waals surface area contributed by atoms with E-state index < -0.39 is 29.3 Å². The van der Waals surface area contributed by atoms with E-state index in [9.17, 15) is 14.4 Å². The third kappa shape index (κ3) is 6.84. The lowest BCUT2D eigenvalue weighted by atomic mass is 10.0. The van der Waals surface area contributed by atoms with Crippen LogP contribution in [0.25, 0.3) is 11.0 Å². The van der Waals surface area contributed by atoms with Crippen LogP contribution < -0.4 is 15.7 Å². The maximum Gasteiger partial charge on any atom is 0.408 e. The number of carbonyl (C=O) groups is 2. The minimum atomic E-state index is -0.849. The van der Waals surface area contributed by atoms with Crippen molar-refractivity contribution < 1.29 is 23.5 Å². The summed E-state index contributed by atoms with van der Waals surface area (Å²) in [5.74, 6) is -0.306. The van der Waals surface area contributed by atoms with Gasteiger partial charge in [-0.1, -0.05) is 26.7 Å². The van der Waals surface area contributed by atoms with Gasteiger partial charge in [0.15, 0.2) is 0 Å². The maximum absolute atomic E-state index is 12.8. The van der Waals surface area contributed by atoms with Gasteiger partial charge in [0.1, 0.15) is 23.0 Å². The van der Waals surface area contributed by atoms with E-state index in [1.807, 2.05) is 6.92 Å². The van der Waals surface area contributed by atoms with Crippen molar-refractivity contribution in [1.29, 1.82) is 0 Å². The van der Waals surface area contributed by atoms with Crippen LogP contribution >= 0.6 is 0 Å². The Balaban J connectivity index is 2.28. The van der Waals surface area contributed by atoms with Gasteiger partial charge < -0.3 is 19.2 Å². The lowest BCUT2D eigenvalue weighted by Crippen LogP contribution is -2.45. The Morgan fingerprint density at radius 2 is 1.87 bits per heavy atom. The highest BCUT2D eigenvalue weighted by atomic mass is 16.6.